The smallest absolute Gasteiger partial charge is 0.0303 e. The van der Waals surface area contributed by atoms with Crippen LogP contribution in [-0.2, 0) is 0 Å². The molecule has 0 aliphatic carbocycles. The van der Waals surface area contributed by atoms with Crippen LogP contribution in [0.2, 0.25) is 0 Å². The Hall–Kier alpha value is 0. The lowest BCUT2D eigenvalue weighted by molar-refractivity contribution is 0.156. The molecule has 0 saturated heterocycles. The number of rotatable bonds is 6. The van der Waals surface area contributed by atoms with E-state index in [1.54, 1.807) is 0 Å². The van der Waals surface area contributed by atoms with Gasteiger partial charge in [-0.25, -0.2) is 0 Å². The van der Waals surface area contributed by atoms with Crippen molar-refractivity contribution in [1.82, 2.24) is 0 Å². The van der Waals surface area contributed by atoms with Crippen molar-refractivity contribution in [2.75, 3.05) is 0 Å². The van der Waals surface area contributed by atoms with Crippen molar-refractivity contribution in [3.05, 3.63) is 0 Å². The van der Waals surface area contributed by atoms with Gasteiger partial charge < -0.3 is 0 Å². The molecule has 13 heavy (non-hydrogen) atoms. The third-order valence-electron chi connectivity index (χ3n) is 3.80. The van der Waals surface area contributed by atoms with Gasteiger partial charge in [-0.05, 0) is 23.7 Å². The Morgan fingerprint density at radius 1 is 1.08 bits per heavy atom. The van der Waals surface area contributed by atoms with Crippen molar-refractivity contribution in [3.63, 3.8) is 0 Å². The molecule has 0 aliphatic rings. The molecule has 0 spiro atoms. The summed E-state index contributed by atoms with van der Waals surface area (Å²) < 4.78 is 0. The SMILES string of the molecule is CCCC(C)CC(C)(CC)C(C)C. The summed E-state index contributed by atoms with van der Waals surface area (Å²) in [5.41, 5.74) is 0.564. The molecule has 0 aromatic heterocycles. The molecule has 0 saturated carbocycles. The Labute approximate surface area is 85.1 Å². The summed E-state index contributed by atoms with van der Waals surface area (Å²) in [5, 5.41) is 0. The number of hydrogen-bond acceptors (Lipinski definition) is 0. The standard InChI is InChI=1S/C13H28/c1-7-9-12(5)10-13(6,8-2)11(3)4/h11-12H,7-10H2,1-6H3. The van der Waals surface area contributed by atoms with Crippen LogP contribution in [0, 0.1) is 17.3 Å². The van der Waals surface area contributed by atoms with Gasteiger partial charge in [-0.1, -0.05) is 60.8 Å². The first-order chi connectivity index (χ1) is 5.96. The second-order valence-corrected chi connectivity index (χ2v) is 5.26. The van der Waals surface area contributed by atoms with Crippen LogP contribution in [0.5, 0.6) is 0 Å². The third kappa shape index (κ3) is 4.15. The molecule has 0 fully saturated rings. The van der Waals surface area contributed by atoms with Crippen molar-refractivity contribution < 1.29 is 0 Å². The van der Waals surface area contributed by atoms with Crippen LogP contribution in [0.1, 0.15) is 67.2 Å². The van der Waals surface area contributed by atoms with Crippen LogP contribution in [0.15, 0.2) is 0 Å². The monoisotopic (exact) mass is 184 g/mol. The van der Waals surface area contributed by atoms with Gasteiger partial charge in [-0.2, -0.15) is 0 Å². The lowest BCUT2D eigenvalue weighted by atomic mass is 9.70. The molecule has 0 N–H and O–H groups in total. The van der Waals surface area contributed by atoms with Gasteiger partial charge in [0.1, 0.15) is 0 Å². The molecule has 0 nitrogen and oxygen atoms in total. The maximum Gasteiger partial charge on any atom is -0.0303 e. The van der Waals surface area contributed by atoms with E-state index in [0.29, 0.717) is 5.41 Å². The zero-order valence-corrected chi connectivity index (χ0v) is 10.5. The first kappa shape index (κ1) is 13.0. The summed E-state index contributed by atoms with van der Waals surface area (Å²) in [6.45, 7) is 14.2. The summed E-state index contributed by atoms with van der Waals surface area (Å²) in [5.74, 6) is 1.72. The Bertz CT molecular complexity index is 126. The predicted molar refractivity (Wildman–Crippen MR) is 61.9 cm³/mol. The van der Waals surface area contributed by atoms with Crippen molar-refractivity contribution in [2.45, 2.75) is 67.2 Å². The highest BCUT2D eigenvalue weighted by Gasteiger charge is 2.27. The Morgan fingerprint density at radius 2 is 1.62 bits per heavy atom. The van der Waals surface area contributed by atoms with Gasteiger partial charge in [0, 0.05) is 0 Å². The van der Waals surface area contributed by atoms with Crippen LogP contribution >= 0.6 is 0 Å². The molecule has 0 bridgehead atoms. The zero-order chi connectivity index (χ0) is 10.5. The normalized spacial score (nSPS) is 18.7. The highest BCUT2D eigenvalue weighted by Crippen LogP contribution is 2.38. The van der Waals surface area contributed by atoms with Gasteiger partial charge in [-0.15, -0.1) is 0 Å². The fourth-order valence-electron chi connectivity index (χ4n) is 2.18. The summed E-state index contributed by atoms with van der Waals surface area (Å²) in [4.78, 5) is 0. The van der Waals surface area contributed by atoms with Gasteiger partial charge in [0.2, 0.25) is 0 Å². The molecular formula is C13H28. The van der Waals surface area contributed by atoms with Gasteiger partial charge in [0.15, 0.2) is 0 Å². The molecule has 0 heterocycles. The second-order valence-electron chi connectivity index (χ2n) is 5.26. The first-order valence-electron chi connectivity index (χ1n) is 5.96. The average Bonchev–Trinajstić information content (AvgIpc) is 2.04. The fraction of sp³-hybridized carbons (Fsp3) is 1.00. The Morgan fingerprint density at radius 3 is 1.92 bits per heavy atom. The van der Waals surface area contributed by atoms with E-state index in [2.05, 4.69) is 41.5 Å². The molecule has 0 amide bonds. The predicted octanol–water partition coefficient (Wildman–Crippen LogP) is 4.89. The Balaban J connectivity index is 4.10. The van der Waals surface area contributed by atoms with Crippen molar-refractivity contribution in [3.8, 4) is 0 Å². The second kappa shape index (κ2) is 5.67. The largest absolute Gasteiger partial charge is 0.0654 e. The van der Waals surface area contributed by atoms with Crippen LogP contribution in [0.25, 0.3) is 0 Å². The third-order valence-corrected chi connectivity index (χ3v) is 3.80. The molecule has 0 aromatic carbocycles. The lowest BCUT2D eigenvalue weighted by Crippen LogP contribution is -2.25. The fourth-order valence-corrected chi connectivity index (χ4v) is 2.18. The van der Waals surface area contributed by atoms with Crippen LogP contribution in [-0.4, -0.2) is 0 Å². The summed E-state index contributed by atoms with van der Waals surface area (Å²) in [6, 6.07) is 0. The average molecular weight is 184 g/mol. The minimum absolute atomic E-state index is 0.564. The van der Waals surface area contributed by atoms with Crippen LogP contribution in [0.3, 0.4) is 0 Å². The minimum Gasteiger partial charge on any atom is -0.0654 e. The summed E-state index contributed by atoms with van der Waals surface area (Å²) in [7, 11) is 0. The maximum atomic E-state index is 2.45. The van der Waals surface area contributed by atoms with E-state index in [1.165, 1.54) is 25.7 Å². The van der Waals surface area contributed by atoms with Gasteiger partial charge in [-0.3, -0.25) is 0 Å². The Kier molecular flexibility index (Phi) is 5.67. The summed E-state index contributed by atoms with van der Waals surface area (Å²) >= 11 is 0. The molecule has 0 aromatic rings. The number of hydrogen-bond donors (Lipinski definition) is 0. The van der Waals surface area contributed by atoms with E-state index in [-0.39, 0.29) is 0 Å². The summed E-state index contributed by atoms with van der Waals surface area (Å²) in [6.07, 6.45) is 5.44. The van der Waals surface area contributed by atoms with E-state index in [1.807, 2.05) is 0 Å². The zero-order valence-electron chi connectivity index (χ0n) is 10.5. The molecule has 2 atom stereocenters. The van der Waals surface area contributed by atoms with Gasteiger partial charge >= 0.3 is 0 Å². The highest BCUT2D eigenvalue weighted by atomic mass is 14.3. The van der Waals surface area contributed by atoms with Gasteiger partial charge in [0.25, 0.3) is 0 Å². The van der Waals surface area contributed by atoms with Gasteiger partial charge in [0.05, 0.1) is 0 Å². The highest BCUT2D eigenvalue weighted by molar-refractivity contribution is 4.78. The molecule has 0 rings (SSSR count). The van der Waals surface area contributed by atoms with E-state index in [9.17, 15) is 0 Å². The van der Waals surface area contributed by atoms with Crippen molar-refractivity contribution >= 4 is 0 Å². The van der Waals surface area contributed by atoms with Crippen molar-refractivity contribution in [2.24, 2.45) is 17.3 Å². The molecule has 0 radical (unpaired) electrons. The van der Waals surface area contributed by atoms with E-state index in [0.717, 1.165) is 11.8 Å². The minimum atomic E-state index is 0.564. The quantitative estimate of drug-likeness (QED) is 0.551. The molecule has 0 heteroatoms. The first-order valence-corrected chi connectivity index (χ1v) is 5.96. The van der Waals surface area contributed by atoms with Crippen molar-refractivity contribution in [1.29, 1.82) is 0 Å². The molecule has 2 unspecified atom stereocenters. The van der Waals surface area contributed by atoms with Crippen LogP contribution < -0.4 is 0 Å². The van der Waals surface area contributed by atoms with E-state index in [4.69, 9.17) is 0 Å². The van der Waals surface area contributed by atoms with E-state index >= 15 is 0 Å². The lowest BCUT2D eigenvalue weighted by Gasteiger charge is -2.35. The maximum absolute atomic E-state index is 2.45. The van der Waals surface area contributed by atoms with E-state index < -0.39 is 0 Å². The van der Waals surface area contributed by atoms with Crippen LogP contribution in [0.4, 0.5) is 0 Å². The molecular weight excluding hydrogens is 156 g/mol. The molecule has 80 valence electrons. The molecule has 0 aliphatic heterocycles. The topological polar surface area (TPSA) is 0 Å².